The summed E-state index contributed by atoms with van der Waals surface area (Å²) >= 11 is 0. The van der Waals surface area contributed by atoms with Gasteiger partial charge in [0.1, 0.15) is 0 Å². The largest absolute Gasteiger partial charge is 0.309 e. The molecule has 0 spiro atoms. The van der Waals surface area contributed by atoms with Crippen LogP contribution >= 0.6 is 0 Å². The molecule has 13 rings (SSSR count). The molecule has 65 heavy (non-hydrogen) atoms. The number of hydrogen-bond donors (Lipinski definition) is 0. The molecule has 0 fully saturated rings. The van der Waals surface area contributed by atoms with E-state index in [0.29, 0.717) is 0 Å². The standard InChI is InChI=1S/C64H41N/c1-4-16-53-44(11-1)14-9-21-55(53)46-27-23-42(24-28-46)49-33-37-63-61(39-49)62-40-50(43-25-29-47(30-26-43)56-22-10-15-45-12-2-5-17-54(45)56)34-38-64(62)65(63)52-35-31-48(32-36-52)60-41-51-13-3-6-18-57(51)58-19-7-8-20-59(58)60/h1-41H. The molecule has 0 radical (unpaired) electrons. The van der Waals surface area contributed by atoms with Crippen molar-refractivity contribution in [2.75, 3.05) is 0 Å². The second-order valence-corrected chi connectivity index (χ2v) is 17.2. The number of benzene rings is 12. The molecule has 0 aliphatic carbocycles. The lowest BCUT2D eigenvalue weighted by molar-refractivity contribution is 1.18. The molecule has 0 saturated carbocycles. The lowest BCUT2D eigenvalue weighted by atomic mass is 9.93. The maximum Gasteiger partial charge on any atom is 0.0541 e. The molecule has 0 bridgehead atoms. The van der Waals surface area contributed by atoms with Gasteiger partial charge in [-0.05, 0) is 141 Å². The first-order valence-electron chi connectivity index (χ1n) is 22.5. The SMILES string of the molecule is c1ccc2c(-c3ccc(-c4ccc5c(c4)c4cc(-c6ccc(-c7cccc8ccccc78)cc6)ccc4n5-c4ccc(-c5cc6ccccc6c6ccccc56)cc4)cc3)cccc2c1. The van der Waals surface area contributed by atoms with Crippen molar-refractivity contribution in [3.05, 3.63) is 249 Å². The third-order valence-electron chi connectivity index (χ3n) is 13.6. The monoisotopic (exact) mass is 823 g/mol. The van der Waals surface area contributed by atoms with E-state index in [9.17, 15) is 0 Å². The zero-order valence-corrected chi connectivity index (χ0v) is 35.6. The minimum atomic E-state index is 1.14. The van der Waals surface area contributed by atoms with E-state index in [2.05, 4.69) is 253 Å². The normalized spacial score (nSPS) is 11.7. The van der Waals surface area contributed by atoms with Gasteiger partial charge in [-0.15, -0.1) is 0 Å². The van der Waals surface area contributed by atoms with Gasteiger partial charge in [-0.3, -0.25) is 0 Å². The van der Waals surface area contributed by atoms with E-state index in [-0.39, 0.29) is 0 Å². The van der Waals surface area contributed by atoms with Crippen molar-refractivity contribution in [1.82, 2.24) is 4.57 Å². The van der Waals surface area contributed by atoms with Crippen molar-refractivity contribution >= 4 is 64.9 Å². The molecule has 12 aromatic carbocycles. The van der Waals surface area contributed by atoms with Crippen LogP contribution in [0, 0.1) is 0 Å². The van der Waals surface area contributed by atoms with Gasteiger partial charge >= 0.3 is 0 Å². The molecule has 302 valence electrons. The Balaban J connectivity index is 0.932. The molecule has 0 atom stereocenters. The molecule has 0 aliphatic heterocycles. The lowest BCUT2D eigenvalue weighted by Crippen LogP contribution is -1.94. The van der Waals surface area contributed by atoms with Gasteiger partial charge < -0.3 is 4.57 Å². The van der Waals surface area contributed by atoms with Crippen LogP contribution in [0.4, 0.5) is 0 Å². The fourth-order valence-electron chi connectivity index (χ4n) is 10.4. The lowest BCUT2D eigenvalue weighted by Gasteiger charge is -2.13. The van der Waals surface area contributed by atoms with Gasteiger partial charge in [0.25, 0.3) is 0 Å². The van der Waals surface area contributed by atoms with Gasteiger partial charge in [0.15, 0.2) is 0 Å². The summed E-state index contributed by atoms with van der Waals surface area (Å²) in [5, 5.41) is 12.6. The number of nitrogens with zero attached hydrogens (tertiary/aromatic N) is 1. The van der Waals surface area contributed by atoms with Crippen molar-refractivity contribution < 1.29 is 0 Å². The van der Waals surface area contributed by atoms with Crippen molar-refractivity contribution in [3.63, 3.8) is 0 Å². The summed E-state index contributed by atoms with van der Waals surface area (Å²) in [6.45, 7) is 0. The predicted molar refractivity (Wildman–Crippen MR) is 278 cm³/mol. The molecule has 1 nitrogen and oxygen atoms in total. The second kappa shape index (κ2) is 15.1. The predicted octanol–water partition coefficient (Wildman–Crippen LogP) is 17.7. The molecule has 13 aromatic rings. The minimum Gasteiger partial charge on any atom is -0.309 e. The van der Waals surface area contributed by atoms with Gasteiger partial charge in [0, 0.05) is 16.5 Å². The number of aromatic nitrogens is 1. The highest BCUT2D eigenvalue weighted by Gasteiger charge is 2.17. The maximum atomic E-state index is 2.44. The first-order chi connectivity index (χ1) is 32.2. The van der Waals surface area contributed by atoms with Crippen LogP contribution < -0.4 is 0 Å². The summed E-state index contributed by atoms with van der Waals surface area (Å²) < 4.78 is 2.44. The molecule has 0 amide bonds. The molecule has 0 aliphatic rings. The third kappa shape index (κ3) is 6.24. The summed E-state index contributed by atoms with van der Waals surface area (Å²) in [4.78, 5) is 0. The van der Waals surface area contributed by atoms with Gasteiger partial charge in [0.05, 0.1) is 11.0 Å². The van der Waals surface area contributed by atoms with E-state index < -0.39 is 0 Å². The quantitative estimate of drug-likeness (QED) is 0.147. The number of fused-ring (bicyclic) bond motifs is 8. The van der Waals surface area contributed by atoms with Crippen LogP contribution in [0.3, 0.4) is 0 Å². The molecular formula is C64H41N. The van der Waals surface area contributed by atoms with Crippen LogP contribution in [0.5, 0.6) is 0 Å². The molecule has 1 aromatic heterocycles. The Morgan fingerprint density at radius 2 is 0.585 bits per heavy atom. The van der Waals surface area contributed by atoms with Crippen LogP contribution in [0.2, 0.25) is 0 Å². The maximum absolute atomic E-state index is 2.44. The Morgan fingerprint density at radius 1 is 0.200 bits per heavy atom. The zero-order valence-electron chi connectivity index (χ0n) is 35.6. The topological polar surface area (TPSA) is 4.93 Å². The second-order valence-electron chi connectivity index (χ2n) is 17.2. The van der Waals surface area contributed by atoms with Gasteiger partial charge in [-0.2, -0.15) is 0 Å². The Bertz CT molecular complexity index is 3770. The Hall–Kier alpha value is -8.52. The summed E-state index contributed by atoms with van der Waals surface area (Å²) in [5.74, 6) is 0. The van der Waals surface area contributed by atoms with E-state index in [1.165, 1.54) is 121 Å². The van der Waals surface area contributed by atoms with E-state index in [1.54, 1.807) is 0 Å². The molecular weight excluding hydrogens is 783 g/mol. The highest BCUT2D eigenvalue weighted by Crippen LogP contribution is 2.40. The van der Waals surface area contributed by atoms with Crippen LogP contribution in [-0.4, -0.2) is 4.57 Å². The third-order valence-corrected chi connectivity index (χ3v) is 13.6. The van der Waals surface area contributed by atoms with E-state index in [1.807, 2.05) is 0 Å². The molecule has 1 heteroatoms. The Morgan fingerprint density at radius 3 is 1.12 bits per heavy atom. The van der Waals surface area contributed by atoms with Crippen molar-refractivity contribution in [2.45, 2.75) is 0 Å². The van der Waals surface area contributed by atoms with Gasteiger partial charge in [-0.1, -0.05) is 206 Å². The van der Waals surface area contributed by atoms with Crippen LogP contribution in [0.1, 0.15) is 0 Å². The molecule has 0 unspecified atom stereocenters. The first-order valence-corrected chi connectivity index (χ1v) is 22.5. The number of rotatable bonds is 6. The van der Waals surface area contributed by atoms with Crippen molar-refractivity contribution in [2.24, 2.45) is 0 Å². The Labute approximate surface area is 377 Å². The van der Waals surface area contributed by atoms with Crippen molar-refractivity contribution in [3.8, 4) is 61.3 Å². The summed E-state index contributed by atoms with van der Waals surface area (Å²) in [7, 11) is 0. The van der Waals surface area contributed by atoms with E-state index in [0.717, 1.165) is 5.69 Å². The van der Waals surface area contributed by atoms with Gasteiger partial charge in [0.2, 0.25) is 0 Å². The first kappa shape index (κ1) is 37.1. The molecule has 0 N–H and O–H groups in total. The zero-order chi connectivity index (χ0) is 42.8. The molecule has 1 heterocycles. The summed E-state index contributed by atoms with van der Waals surface area (Å²) in [6, 6.07) is 91.6. The minimum absolute atomic E-state index is 1.14. The highest BCUT2D eigenvalue weighted by molar-refractivity contribution is 6.14. The number of hydrogen-bond acceptors (Lipinski definition) is 0. The smallest absolute Gasteiger partial charge is 0.0541 e. The Kier molecular flexibility index (Phi) is 8.60. The average molecular weight is 824 g/mol. The van der Waals surface area contributed by atoms with Crippen LogP contribution in [-0.2, 0) is 0 Å². The van der Waals surface area contributed by atoms with Crippen molar-refractivity contribution in [1.29, 1.82) is 0 Å². The molecule has 0 saturated heterocycles. The van der Waals surface area contributed by atoms with Gasteiger partial charge in [-0.25, -0.2) is 0 Å². The van der Waals surface area contributed by atoms with Crippen LogP contribution in [0.15, 0.2) is 249 Å². The van der Waals surface area contributed by atoms with Crippen LogP contribution in [0.25, 0.3) is 126 Å². The summed E-state index contributed by atoms with van der Waals surface area (Å²) in [5.41, 5.74) is 15.7. The van der Waals surface area contributed by atoms with E-state index >= 15 is 0 Å². The summed E-state index contributed by atoms with van der Waals surface area (Å²) in [6.07, 6.45) is 0. The average Bonchev–Trinajstić information content (AvgIpc) is 3.71. The fraction of sp³-hybridized carbons (Fsp3) is 0. The highest BCUT2D eigenvalue weighted by atomic mass is 15.0. The fourth-order valence-corrected chi connectivity index (χ4v) is 10.4. The van der Waals surface area contributed by atoms with E-state index in [4.69, 9.17) is 0 Å².